The van der Waals surface area contributed by atoms with Crippen molar-refractivity contribution in [2.45, 2.75) is 238 Å². The molecule has 0 radical (unpaired) electrons. The number of hydrogen-bond donors (Lipinski definition) is 3. The molecule has 0 aliphatic rings. The van der Waals surface area contributed by atoms with Gasteiger partial charge in [0.15, 0.2) is 11.9 Å². The van der Waals surface area contributed by atoms with Gasteiger partial charge in [-0.3, -0.25) is 14.4 Å². The highest BCUT2D eigenvalue weighted by Crippen LogP contribution is 2.19. The van der Waals surface area contributed by atoms with Gasteiger partial charge in [0, 0.05) is 13.3 Å². The number of ether oxygens (including phenoxy) is 1. The number of unbranched alkanes of at least 4 members (excludes halogenated alkanes) is 25. The summed E-state index contributed by atoms with van der Waals surface area (Å²) in [4.78, 5) is 36.9. The molecular formula is C40H77NO6. The van der Waals surface area contributed by atoms with E-state index in [0.717, 1.165) is 32.1 Å². The molecule has 0 aromatic rings. The summed E-state index contributed by atoms with van der Waals surface area (Å²) in [5.41, 5.74) is 0. The molecule has 0 rings (SSSR count). The molecule has 278 valence electrons. The van der Waals surface area contributed by atoms with E-state index in [9.17, 15) is 24.6 Å². The summed E-state index contributed by atoms with van der Waals surface area (Å²) in [6.45, 7) is 6.97. The van der Waals surface area contributed by atoms with Crippen molar-refractivity contribution >= 4 is 17.7 Å². The number of aliphatic hydroxyl groups excluding tert-OH is 2. The van der Waals surface area contributed by atoms with Crippen LogP contribution in [-0.4, -0.2) is 52.2 Å². The number of esters is 1. The Kier molecular flexibility index (Phi) is 32.0. The second-order valence-electron chi connectivity index (χ2n) is 14.2. The zero-order valence-electron chi connectivity index (χ0n) is 31.3. The third-order valence-electron chi connectivity index (χ3n) is 9.48. The van der Waals surface area contributed by atoms with Crippen molar-refractivity contribution in [3.05, 3.63) is 0 Å². The molecular weight excluding hydrogens is 590 g/mol. The highest BCUT2D eigenvalue weighted by molar-refractivity contribution is 5.83. The zero-order chi connectivity index (χ0) is 35.0. The Morgan fingerprint density at radius 2 is 0.872 bits per heavy atom. The normalized spacial score (nSPS) is 14.0. The van der Waals surface area contributed by atoms with Gasteiger partial charge in [-0.2, -0.15) is 0 Å². The monoisotopic (exact) mass is 668 g/mol. The lowest BCUT2D eigenvalue weighted by Crippen LogP contribution is -2.58. The summed E-state index contributed by atoms with van der Waals surface area (Å²) in [5.74, 6) is -1.47. The van der Waals surface area contributed by atoms with Crippen LogP contribution in [0, 0.1) is 0 Å². The van der Waals surface area contributed by atoms with Crippen LogP contribution in [0.25, 0.3) is 0 Å². The van der Waals surface area contributed by atoms with Crippen molar-refractivity contribution in [2.24, 2.45) is 0 Å². The van der Waals surface area contributed by atoms with Crippen LogP contribution in [0.5, 0.6) is 0 Å². The van der Waals surface area contributed by atoms with Crippen molar-refractivity contribution in [1.29, 1.82) is 0 Å². The smallest absolute Gasteiger partial charge is 0.303 e. The summed E-state index contributed by atoms with van der Waals surface area (Å²) in [6, 6.07) is -1.19. The molecule has 3 N–H and O–H groups in total. The van der Waals surface area contributed by atoms with Crippen LogP contribution in [0.4, 0.5) is 0 Å². The molecule has 0 saturated heterocycles. The number of aliphatic hydroxyl groups is 2. The SMILES string of the molecule is CCCCCCCCCCCCCCCCCC(=O)NC(C(O)C(C)=O)C(OC(C)=O)C(O)CCCCCCCCCCCCCC. The maximum atomic E-state index is 12.8. The fourth-order valence-corrected chi connectivity index (χ4v) is 6.45. The van der Waals surface area contributed by atoms with Crippen molar-refractivity contribution in [1.82, 2.24) is 5.32 Å². The van der Waals surface area contributed by atoms with E-state index in [2.05, 4.69) is 19.2 Å². The van der Waals surface area contributed by atoms with Gasteiger partial charge in [-0.15, -0.1) is 0 Å². The molecule has 7 nitrogen and oxygen atoms in total. The van der Waals surface area contributed by atoms with Gasteiger partial charge >= 0.3 is 5.97 Å². The Labute approximate surface area is 290 Å². The standard InChI is InChI=1S/C40H77NO6/c1-5-7-9-11-13-15-17-19-20-21-23-25-27-29-31-33-37(45)41-38(39(46)34(3)42)40(47-35(4)43)36(44)32-30-28-26-24-22-18-16-14-12-10-8-6-2/h36,38-40,44,46H,5-33H2,1-4H3,(H,41,45). The van der Waals surface area contributed by atoms with Gasteiger partial charge in [0.25, 0.3) is 0 Å². The third-order valence-corrected chi connectivity index (χ3v) is 9.48. The van der Waals surface area contributed by atoms with E-state index in [-0.39, 0.29) is 12.3 Å². The number of nitrogens with one attached hydrogen (secondary N) is 1. The van der Waals surface area contributed by atoms with E-state index in [1.165, 1.54) is 149 Å². The van der Waals surface area contributed by atoms with E-state index in [0.29, 0.717) is 12.8 Å². The van der Waals surface area contributed by atoms with Crippen molar-refractivity contribution in [3.8, 4) is 0 Å². The zero-order valence-corrected chi connectivity index (χ0v) is 31.3. The first-order valence-electron chi connectivity index (χ1n) is 20.1. The van der Waals surface area contributed by atoms with E-state index >= 15 is 0 Å². The van der Waals surface area contributed by atoms with Crippen molar-refractivity contribution in [3.63, 3.8) is 0 Å². The summed E-state index contributed by atoms with van der Waals surface area (Å²) in [6.07, 6.45) is 29.8. The van der Waals surface area contributed by atoms with Crippen molar-refractivity contribution in [2.75, 3.05) is 0 Å². The van der Waals surface area contributed by atoms with Crippen LogP contribution in [0.2, 0.25) is 0 Å². The molecule has 0 fully saturated rings. The van der Waals surface area contributed by atoms with E-state index in [4.69, 9.17) is 4.74 Å². The predicted octanol–water partition coefficient (Wildman–Crippen LogP) is 10.1. The first-order valence-corrected chi connectivity index (χ1v) is 20.1. The second-order valence-corrected chi connectivity index (χ2v) is 14.2. The third kappa shape index (κ3) is 28.1. The van der Waals surface area contributed by atoms with Crippen LogP contribution < -0.4 is 5.32 Å². The van der Waals surface area contributed by atoms with Gasteiger partial charge in [0.1, 0.15) is 12.1 Å². The Balaban J connectivity index is 4.39. The highest BCUT2D eigenvalue weighted by Gasteiger charge is 2.38. The Bertz CT molecular complexity index is 744. The lowest BCUT2D eigenvalue weighted by Gasteiger charge is -2.33. The molecule has 0 bridgehead atoms. The Hall–Kier alpha value is -1.47. The Morgan fingerprint density at radius 3 is 1.21 bits per heavy atom. The molecule has 0 saturated carbocycles. The summed E-state index contributed by atoms with van der Waals surface area (Å²) < 4.78 is 5.42. The van der Waals surface area contributed by atoms with Crippen molar-refractivity contribution < 1.29 is 29.3 Å². The minimum atomic E-state index is -1.57. The summed E-state index contributed by atoms with van der Waals surface area (Å²) in [5, 5.41) is 24.4. The van der Waals surface area contributed by atoms with Gasteiger partial charge < -0.3 is 20.3 Å². The van der Waals surface area contributed by atoms with Gasteiger partial charge in [-0.25, -0.2) is 0 Å². The molecule has 4 atom stereocenters. The molecule has 1 amide bonds. The van der Waals surface area contributed by atoms with E-state index < -0.39 is 36.1 Å². The molecule has 0 aromatic heterocycles. The predicted molar refractivity (Wildman–Crippen MR) is 195 cm³/mol. The molecule has 0 spiro atoms. The van der Waals surface area contributed by atoms with Gasteiger partial charge in [-0.05, 0) is 19.8 Å². The van der Waals surface area contributed by atoms with Crippen LogP contribution in [-0.2, 0) is 19.1 Å². The highest BCUT2D eigenvalue weighted by atomic mass is 16.6. The topological polar surface area (TPSA) is 113 Å². The fourth-order valence-electron chi connectivity index (χ4n) is 6.45. The summed E-state index contributed by atoms with van der Waals surface area (Å²) >= 11 is 0. The van der Waals surface area contributed by atoms with Crippen LogP contribution in [0.15, 0.2) is 0 Å². The molecule has 0 aliphatic heterocycles. The van der Waals surface area contributed by atoms with Gasteiger partial charge in [0.2, 0.25) is 5.91 Å². The van der Waals surface area contributed by atoms with Crippen LogP contribution >= 0.6 is 0 Å². The lowest BCUT2D eigenvalue weighted by atomic mass is 9.93. The summed E-state index contributed by atoms with van der Waals surface area (Å²) in [7, 11) is 0. The largest absolute Gasteiger partial charge is 0.457 e. The first-order chi connectivity index (χ1) is 22.7. The van der Waals surface area contributed by atoms with E-state index in [1.807, 2.05) is 0 Å². The number of amides is 1. The Morgan fingerprint density at radius 1 is 0.532 bits per heavy atom. The molecule has 0 aromatic carbocycles. The fraction of sp³-hybridized carbons (Fsp3) is 0.925. The van der Waals surface area contributed by atoms with Crippen LogP contribution in [0.1, 0.15) is 214 Å². The number of rotatable bonds is 35. The lowest BCUT2D eigenvalue weighted by molar-refractivity contribution is -0.161. The molecule has 0 aliphatic carbocycles. The maximum absolute atomic E-state index is 12.8. The molecule has 4 unspecified atom stereocenters. The van der Waals surface area contributed by atoms with Gasteiger partial charge in [0.05, 0.1) is 6.10 Å². The average Bonchev–Trinajstić information content (AvgIpc) is 3.04. The number of carbonyl (C=O) groups is 3. The molecule has 7 heteroatoms. The first kappa shape index (κ1) is 45.5. The van der Waals surface area contributed by atoms with Crippen LogP contribution in [0.3, 0.4) is 0 Å². The number of carbonyl (C=O) groups excluding carboxylic acids is 3. The minimum absolute atomic E-state index is 0.265. The van der Waals surface area contributed by atoms with Gasteiger partial charge in [-0.1, -0.05) is 181 Å². The molecule has 0 heterocycles. The average molecular weight is 668 g/mol. The quantitative estimate of drug-likeness (QED) is 0.0458. The number of Topliss-reactive ketones (excluding diaryl/α,β-unsaturated/α-hetero) is 1. The molecule has 47 heavy (non-hydrogen) atoms. The van der Waals surface area contributed by atoms with E-state index in [1.54, 1.807) is 0 Å². The minimum Gasteiger partial charge on any atom is -0.457 e. The number of hydrogen-bond acceptors (Lipinski definition) is 6. The maximum Gasteiger partial charge on any atom is 0.303 e. The second kappa shape index (κ2) is 33.0. The number of ketones is 1.